The van der Waals surface area contributed by atoms with Gasteiger partial charge >= 0.3 is 5.97 Å². The van der Waals surface area contributed by atoms with E-state index < -0.39 is 24.5 Å². The standard InChI is InChI=1S/C22H25ClN2O5/c1-11(2)19(22(29)30-10-16(26)24-15-7-5-14(23)6-8-15)25-20(27)17-12-3-4-13(9-12)18(17)21(25)28/h5-8,11-13,17-19H,3-4,9-10H2,1-2H3,(H,24,26)/t12-,13-,17-,18+,19-/m0/s1. The largest absolute Gasteiger partial charge is 0.454 e. The van der Waals surface area contributed by atoms with E-state index in [1.54, 1.807) is 38.1 Å². The molecule has 0 radical (unpaired) electrons. The maximum Gasteiger partial charge on any atom is 0.330 e. The van der Waals surface area contributed by atoms with Gasteiger partial charge in [-0.15, -0.1) is 0 Å². The van der Waals surface area contributed by atoms with Crippen molar-refractivity contribution < 1.29 is 23.9 Å². The van der Waals surface area contributed by atoms with Gasteiger partial charge in [0, 0.05) is 10.7 Å². The lowest BCUT2D eigenvalue weighted by atomic mass is 9.81. The molecule has 0 spiro atoms. The zero-order valence-electron chi connectivity index (χ0n) is 17.0. The van der Waals surface area contributed by atoms with Crippen LogP contribution in [0, 0.1) is 29.6 Å². The summed E-state index contributed by atoms with van der Waals surface area (Å²) in [4.78, 5) is 52.2. The number of ether oxygens (including phenoxy) is 1. The molecule has 0 aromatic heterocycles. The van der Waals surface area contributed by atoms with Crippen molar-refractivity contribution in [3.8, 4) is 0 Å². The van der Waals surface area contributed by atoms with Crippen molar-refractivity contribution in [2.75, 3.05) is 11.9 Å². The second-order valence-corrected chi connectivity index (χ2v) is 9.22. The Morgan fingerprint density at radius 1 is 1.10 bits per heavy atom. The molecule has 1 saturated heterocycles. The number of rotatable bonds is 6. The van der Waals surface area contributed by atoms with Gasteiger partial charge in [0.15, 0.2) is 6.61 Å². The summed E-state index contributed by atoms with van der Waals surface area (Å²) in [5, 5.41) is 3.15. The van der Waals surface area contributed by atoms with Crippen molar-refractivity contribution in [2.45, 2.75) is 39.2 Å². The molecule has 3 aliphatic rings. The van der Waals surface area contributed by atoms with Crippen LogP contribution >= 0.6 is 11.6 Å². The van der Waals surface area contributed by atoms with E-state index in [9.17, 15) is 19.2 Å². The van der Waals surface area contributed by atoms with Crippen LogP contribution in [-0.4, -0.2) is 41.2 Å². The predicted molar refractivity (Wildman–Crippen MR) is 109 cm³/mol. The quantitative estimate of drug-likeness (QED) is 0.551. The van der Waals surface area contributed by atoms with E-state index in [0.717, 1.165) is 24.2 Å². The number of esters is 1. The number of likely N-dealkylation sites (tertiary alicyclic amines) is 1. The summed E-state index contributed by atoms with van der Waals surface area (Å²) < 4.78 is 5.20. The van der Waals surface area contributed by atoms with Gasteiger partial charge in [-0.3, -0.25) is 19.3 Å². The molecule has 160 valence electrons. The maximum absolute atomic E-state index is 13.1. The number of nitrogens with zero attached hydrogens (tertiary/aromatic N) is 1. The SMILES string of the molecule is CC(C)[C@@H](C(=O)OCC(=O)Nc1ccc(Cl)cc1)N1C(=O)[C@@H]2[C@H]3CC[C@@H](C3)[C@@H]2C1=O. The smallest absolute Gasteiger partial charge is 0.330 e. The van der Waals surface area contributed by atoms with E-state index in [1.807, 2.05) is 0 Å². The van der Waals surface area contributed by atoms with E-state index in [0.29, 0.717) is 10.7 Å². The number of fused-ring (bicyclic) bond motifs is 5. The van der Waals surface area contributed by atoms with Crippen molar-refractivity contribution >= 4 is 41.0 Å². The Labute approximate surface area is 180 Å². The molecule has 3 fully saturated rings. The molecule has 3 amide bonds. The van der Waals surface area contributed by atoms with Crippen LogP contribution in [-0.2, 0) is 23.9 Å². The lowest BCUT2D eigenvalue weighted by Gasteiger charge is -2.28. The third-order valence-corrected chi connectivity index (χ3v) is 6.84. The number of halogens is 1. The fourth-order valence-corrected chi connectivity index (χ4v) is 5.46. The maximum atomic E-state index is 13.1. The number of hydrogen-bond acceptors (Lipinski definition) is 5. The molecule has 5 atom stereocenters. The summed E-state index contributed by atoms with van der Waals surface area (Å²) in [7, 11) is 0. The van der Waals surface area contributed by atoms with Crippen molar-refractivity contribution in [1.82, 2.24) is 4.90 Å². The third-order valence-electron chi connectivity index (χ3n) is 6.59. The number of carbonyl (C=O) groups is 4. The van der Waals surface area contributed by atoms with E-state index in [2.05, 4.69) is 5.32 Å². The van der Waals surface area contributed by atoms with Crippen molar-refractivity contribution in [3.63, 3.8) is 0 Å². The highest BCUT2D eigenvalue weighted by Gasteiger charge is 2.62. The van der Waals surface area contributed by atoms with Crippen LogP contribution in [0.5, 0.6) is 0 Å². The molecule has 1 aromatic carbocycles. The molecular weight excluding hydrogens is 408 g/mol. The first kappa shape index (κ1) is 20.8. The Morgan fingerprint density at radius 3 is 2.20 bits per heavy atom. The fraction of sp³-hybridized carbons (Fsp3) is 0.545. The topological polar surface area (TPSA) is 92.8 Å². The Hall–Kier alpha value is -2.41. The second kappa shape index (κ2) is 8.02. The molecule has 2 saturated carbocycles. The molecule has 0 unspecified atom stereocenters. The van der Waals surface area contributed by atoms with Crippen LogP contribution in [0.4, 0.5) is 5.69 Å². The number of hydrogen-bond donors (Lipinski definition) is 1. The Morgan fingerprint density at radius 2 is 1.67 bits per heavy atom. The minimum absolute atomic E-state index is 0.246. The summed E-state index contributed by atoms with van der Waals surface area (Å²) in [5.41, 5.74) is 0.522. The van der Waals surface area contributed by atoms with Crippen LogP contribution in [0.3, 0.4) is 0 Å². The van der Waals surface area contributed by atoms with Crippen LogP contribution in [0.15, 0.2) is 24.3 Å². The minimum atomic E-state index is -1.02. The molecule has 1 N–H and O–H groups in total. The van der Waals surface area contributed by atoms with E-state index in [4.69, 9.17) is 16.3 Å². The first-order chi connectivity index (χ1) is 14.3. The van der Waals surface area contributed by atoms with Crippen LogP contribution < -0.4 is 5.32 Å². The zero-order valence-corrected chi connectivity index (χ0v) is 17.7. The number of imide groups is 1. The first-order valence-electron chi connectivity index (χ1n) is 10.4. The zero-order chi connectivity index (χ0) is 21.6. The Balaban J connectivity index is 1.41. The minimum Gasteiger partial charge on any atom is -0.454 e. The van der Waals surface area contributed by atoms with Crippen molar-refractivity contribution in [2.24, 2.45) is 29.6 Å². The van der Waals surface area contributed by atoms with Crippen LogP contribution in [0.1, 0.15) is 33.1 Å². The van der Waals surface area contributed by atoms with E-state index in [-0.39, 0.29) is 41.4 Å². The summed E-state index contributed by atoms with van der Waals surface area (Å²) in [5.74, 6) is -2.16. The molecule has 1 aromatic rings. The summed E-state index contributed by atoms with van der Waals surface area (Å²) in [6, 6.07) is 5.51. The molecule has 1 aliphatic heterocycles. The molecule has 1 heterocycles. The molecule has 2 bridgehead atoms. The Kier molecular flexibility index (Phi) is 5.57. The van der Waals surface area contributed by atoms with E-state index >= 15 is 0 Å². The van der Waals surface area contributed by atoms with E-state index in [1.165, 1.54) is 0 Å². The molecule has 30 heavy (non-hydrogen) atoms. The highest BCUT2D eigenvalue weighted by Crippen LogP contribution is 2.56. The molecule has 8 heteroatoms. The van der Waals surface area contributed by atoms with Crippen molar-refractivity contribution in [1.29, 1.82) is 0 Å². The van der Waals surface area contributed by atoms with Gasteiger partial charge in [0.05, 0.1) is 11.8 Å². The fourth-order valence-electron chi connectivity index (χ4n) is 5.33. The Bertz CT molecular complexity index is 856. The lowest BCUT2D eigenvalue weighted by Crippen LogP contribution is -2.50. The molecular formula is C22H25ClN2O5. The second-order valence-electron chi connectivity index (χ2n) is 8.78. The average Bonchev–Trinajstić information content (AvgIpc) is 3.38. The molecule has 7 nitrogen and oxygen atoms in total. The number of benzene rings is 1. The molecule has 4 rings (SSSR count). The average molecular weight is 433 g/mol. The molecule has 2 aliphatic carbocycles. The highest BCUT2D eigenvalue weighted by molar-refractivity contribution is 6.30. The summed E-state index contributed by atoms with van der Waals surface area (Å²) in [6.45, 7) is 3.03. The summed E-state index contributed by atoms with van der Waals surface area (Å²) in [6.07, 6.45) is 2.88. The van der Waals surface area contributed by atoms with Crippen LogP contribution in [0.25, 0.3) is 0 Å². The highest BCUT2D eigenvalue weighted by atomic mass is 35.5. The first-order valence-corrected chi connectivity index (χ1v) is 10.7. The third kappa shape index (κ3) is 3.60. The number of carbonyl (C=O) groups excluding carboxylic acids is 4. The number of anilines is 1. The number of amides is 3. The van der Waals surface area contributed by atoms with Crippen LogP contribution in [0.2, 0.25) is 5.02 Å². The van der Waals surface area contributed by atoms with Gasteiger partial charge in [0.2, 0.25) is 11.8 Å². The predicted octanol–water partition coefficient (Wildman–Crippen LogP) is 2.88. The van der Waals surface area contributed by atoms with Gasteiger partial charge in [-0.05, 0) is 61.3 Å². The monoisotopic (exact) mass is 432 g/mol. The summed E-state index contributed by atoms with van der Waals surface area (Å²) >= 11 is 5.82. The van der Waals surface area contributed by atoms with Gasteiger partial charge in [0.1, 0.15) is 6.04 Å². The van der Waals surface area contributed by atoms with Gasteiger partial charge in [-0.25, -0.2) is 4.79 Å². The lowest BCUT2D eigenvalue weighted by molar-refractivity contribution is -0.162. The van der Waals surface area contributed by atoms with Gasteiger partial charge in [-0.2, -0.15) is 0 Å². The van der Waals surface area contributed by atoms with Gasteiger partial charge < -0.3 is 10.1 Å². The normalized spacial score (nSPS) is 28.1. The van der Waals surface area contributed by atoms with Gasteiger partial charge in [0.25, 0.3) is 5.91 Å². The van der Waals surface area contributed by atoms with Gasteiger partial charge in [-0.1, -0.05) is 25.4 Å². The van der Waals surface area contributed by atoms with Crippen molar-refractivity contribution in [3.05, 3.63) is 29.3 Å². The number of nitrogens with one attached hydrogen (secondary N) is 1.